The van der Waals surface area contributed by atoms with Crippen molar-refractivity contribution in [2.75, 3.05) is 4.90 Å². The van der Waals surface area contributed by atoms with Crippen LogP contribution in [0.15, 0.2) is 64.4 Å². The van der Waals surface area contributed by atoms with E-state index in [1.807, 2.05) is 18.2 Å². The zero-order valence-corrected chi connectivity index (χ0v) is 19.7. The third-order valence-corrected chi connectivity index (χ3v) is 10.8. The van der Waals surface area contributed by atoms with Gasteiger partial charge in [0.05, 0.1) is 22.5 Å². The summed E-state index contributed by atoms with van der Waals surface area (Å²) in [5.74, 6) is -0.181. The highest BCUT2D eigenvalue weighted by Gasteiger charge is 2.69. The number of thiazole rings is 1. The number of thioether (sulfide) groups is 1. The smallest absolute Gasteiger partial charge is 0.305 e. The number of aromatic nitrogens is 1. The Kier molecular flexibility index (Phi) is 4.30. The zero-order chi connectivity index (χ0) is 22.4. The van der Waals surface area contributed by atoms with Gasteiger partial charge in [0, 0.05) is 21.1 Å². The first-order valence-corrected chi connectivity index (χ1v) is 13.2. The number of amides is 2. The van der Waals surface area contributed by atoms with Gasteiger partial charge in [0.25, 0.3) is 0 Å². The number of rotatable bonds is 2. The molecule has 2 aliphatic heterocycles. The number of halogens is 1. The number of imide groups is 1. The van der Waals surface area contributed by atoms with Crippen LogP contribution in [0.5, 0.6) is 0 Å². The van der Waals surface area contributed by atoms with Gasteiger partial charge in [-0.15, -0.1) is 11.8 Å². The van der Waals surface area contributed by atoms with E-state index in [1.54, 1.807) is 36.0 Å². The van der Waals surface area contributed by atoms with E-state index in [2.05, 4.69) is 17.1 Å². The molecule has 4 aliphatic rings. The molecule has 8 heteroatoms. The van der Waals surface area contributed by atoms with E-state index in [0.717, 1.165) is 16.3 Å². The molecule has 3 heterocycles. The molecular formula is C25H19ClN2O3S2. The van der Waals surface area contributed by atoms with Crippen LogP contribution in [0.25, 0.3) is 0 Å². The molecular weight excluding hydrogens is 476 g/mol. The number of nitrogens with one attached hydrogen (secondary N) is 1. The lowest BCUT2D eigenvalue weighted by Gasteiger charge is -2.43. The van der Waals surface area contributed by atoms with Crippen LogP contribution in [-0.2, 0) is 9.59 Å². The molecule has 2 saturated carbocycles. The minimum atomic E-state index is -0.288. The molecule has 0 radical (unpaired) electrons. The van der Waals surface area contributed by atoms with E-state index in [0.29, 0.717) is 10.7 Å². The number of hydrogen-bond acceptors (Lipinski definition) is 5. The topological polar surface area (TPSA) is 70.2 Å². The number of benzene rings is 2. The van der Waals surface area contributed by atoms with Gasteiger partial charge in [-0.2, -0.15) is 0 Å². The number of anilines is 1. The molecule has 3 fully saturated rings. The number of carbonyl (C=O) groups excluding carboxylic acids is 2. The molecule has 2 bridgehead atoms. The van der Waals surface area contributed by atoms with Crippen molar-refractivity contribution < 1.29 is 9.59 Å². The van der Waals surface area contributed by atoms with Crippen molar-refractivity contribution in [3.63, 3.8) is 0 Å². The summed E-state index contributed by atoms with van der Waals surface area (Å²) >= 11 is 9.03. The summed E-state index contributed by atoms with van der Waals surface area (Å²) in [4.78, 5) is 45.0. The van der Waals surface area contributed by atoms with Crippen LogP contribution in [0.4, 0.5) is 5.69 Å². The van der Waals surface area contributed by atoms with Crippen LogP contribution in [0.3, 0.4) is 0 Å². The molecule has 33 heavy (non-hydrogen) atoms. The van der Waals surface area contributed by atoms with Crippen LogP contribution >= 0.6 is 34.7 Å². The Bertz CT molecular complexity index is 1350. The quantitative estimate of drug-likeness (QED) is 0.521. The number of H-pyrrole nitrogens is 1. The standard InChI is InChI=1S/C25H19ClN2O3S2/c26-12-6-8-13(9-7-12)28-23(29)18-14-10-15(19(18)24(28)30)20-17(14)16(11-4-2-1-3-5-11)21-22(32-20)27-25(31)33-21/h1-9,14-20H,10H2,(H,27,31)/t14-,15-,16-,17-,18+,19-,20+/m1/s1. The maximum atomic E-state index is 13.7. The number of aromatic amines is 1. The third kappa shape index (κ3) is 2.70. The second-order valence-electron chi connectivity index (χ2n) is 9.36. The predicted molar refractivity (Wildman–Crippen MR) is 129 cm³/mol. The van der Waals surface area contributed by atoms with Gasteiger partial charge in [0.15, 0.2) is 0 Å². The Morgan fingerprint density at radius 2 is 1.61 bits per heavy atom. The lowest BCUT2D eigenvalue weighted by atomic mass is 9.68. The molecule has 2 aliphatic carbocycles. The SMILES string of the molecule is O=C1[C@@H]2[C@H]3C[C@@H]([C@@H]2C(=O)N1c1ccc(Cl)cc1)[C@@H]1[C@@H](c2ccccc2)c2sc(=O)[nH]c2S[C@@H]31. The van der Waals surface area contributed by atoms with Crippen LogP contribution in [0.2, 0.25) is 5.02 Å². The van der Waals surface area contributed by atoms with Gasteiger partial charge in [0.1, 0.15) is 0 Å². The first kappa shape index (κ1) is 20.1. The van der Waals surface area contributed by atoms with Gasteiger partial charge >= 0.3 is 4.87 Å². The first-order chi connectivity index (χ1) is 16.0. The summed E-state index contributed by atoms with van der Waals surface area (Å²) in [7, 11) is 0. The lowest BCUT2D eigenvalue weighted by Crippen LogP contribution is -2.42. The second-order valence-corrected chi connectivity index (χ2v) is 12.0. The molecule has 1 saturated heterocycles. The normalized spacial score (nSPS) is 33.8. The molecule has 5 nitrogen and oxygen atoms in total. The molecule has 2 aromatic carbocycles. The number of fused-ring (bicyclic) bond motifs is 9. The molecule has 7 rings (SSSR count). The summed E-state index contributed by atoms with van der Waals surface area (Å²) in [5.41, 5.74) is 1.78. The third-order valence-electron chi connectivity index (χ3n) is 7.97. The van der Waals surface area contributed by atoms with Crippen molar-refractivity contribution in [1.29, 1.82) is 0 Å². The molecule has 0 unspecified atom stereocenters. The van der Waals surface area contributed by atoms with Crippen molar-refractivity contribution in [2.24, 2.45) is 29.6 Å². The number of nitrogens with zero attached hydrogens (tertiary/aromatic N) is 1. The van der Waals surface area contributed by atoms with Crippen molar-refractivity contribution in [2.45, 2.75) is 22.6 Å². The Hall–Kier alpha value is -2.35. The van der Waals surface area contributed by atoms with Gasteiger partial charge < -0.3 is 4.98 Å². The molecule has 1 aromatic heterocycles. The van der Waals surface area contributed by atoms with E-state index in [4.69, 9.17) is 11.6 Å². The second kappa shape index (κ2) is 7.08. The molecule has 3 aromatic rings. The van der Waals surface area contributed by atoms with Crippen molar-refractivity contribution in [3.8, 4) is 0 Å². The highest BCUT2D eigenvalue weighted by molar-refractivity contribution is 8.00. The molecule has 7 atom stereocenters. The maximum Gasteiger partial charge on any atom is 0.305 e. The van der Waals surface area contributed by atoms with E-state index >= 15 is 0 Å². The number of hydrogen-bond donors (Lipinski definition) is 1. The van der Waals surface area contributed by atoms with Gasteiger partial charge in [-0.25, -0.2) is 0 Å². The minimum absolute atomic E-state index is 0.0398. The summed E-state index contributed by atoms with van der Waals surface area (Å²) in [5, 5.41) is 1.73. The number of carbonyl (C=O) groups is 2. The van der Waals surface area contributed by atoms with E-state index in [1.165, 1.54) is 21.8 Å². The fourth-order valence-corrected chi connectivity index (χ4v) is 9.91. The molecule has 0 spiro atoms. The van der Waals surface area contributed by atoms with Crippen LogP contribution in [-0.4, -0.2) is 22.0 Å². The van der Waals surface area contributed by atoms with Crippen LogP contribution in [0.1, 0.15) is 22.8 Å². The molecule has 2 amide bonds. The zero-order valence-electron chi connectivity index (χ0n) is 17.3. The van der Waals surface area contributed by atoms with Crippen LogP contribution in [0, 0.1) is 29.6 Å². The summed E-state index contributed by atoms with van der Waals surface area (Å²) < 4.78 is 0. The minimum Gasteiger partial charge on any atom is -0.307 e. The lowest BCUT2D eigenvalue weighted by molar-refractivity contribution is -0.123. The van der Waals surface area contributed by atoms with Crippen LogP contribution < -0.4 is 9.77 Å². The monoisotopic (exact) mass is 494 g/mol. The van der Waals surface area contributed by atoms with Gasteiger partial charge in [-0.3, -0.25) is 19.3 Å². The summed E-state index contributed by atoms with van der Waals surface area (Å²) in [6, 6.07) is 17.2. The predicted octanol–water partition coefficient (Wildman–Crippen LogP) is 4.77. The van der Waals surface area contributed by atoms with E-state index in [9.17, 15) is 14.4 Å². The Balaban J connectivity index is 1.33. The van der Waals surface area contributed by atoms with Crippen molar-refractivity contribution in [3.05, 3.63) is 79.7 Å². The summed E-state index contributed by atoms with van der Waals surface area (Å²) in [6.07, 6.45) is 0.895. The van der Waals surface area contributed by atoms with Crippen molar-refractivity contribution in [1.82, 2.24) is 4.98 Å². The van der Waals surface area contributed by atoms with Crippen molar-refractivity contribution >= 4 is 52.2 Å². The van der Waals surface area contributed by atoms with Gasteiger partial charge in [0.2, 0.25) is 11.8 Å². The molecule has 1 N–H and O–H groups in total. The highest BCUT2D eigenvalue weighted by Crippen LogP contribution is 2.68. The Morgan fingerprint density at radius 1 is 0.909 bits per heavy atom. The van der Waals surface area contributed by atoms with Gasteiger partial charge in [-0.1, -0.05) is 53.3 Å². The van der Waals surface area contributed by atoms with E-state index in [-0.39, 0.29) is 57.4 Å². The largest absolute Gasteiger partial charge is 0.307 e. The fraction of sp³-hybridized carbons (Fsp3) is 0.320. The van der Waals surface area contributed by atoms with Gasteiger partial charge in [-0.05, 0) is 54.0 Å². The fourth-order valence-electron chi connectivity index (χ4n) is 6.90. The Morgan fingerprint density at radius 3 is 2.33 bits per heavy atom. The highest BCUT2D eigenvalue weighted by atomic mass is 35.5. The molecule has 166 valence electrons. The summed E-state index contributed by atoms with van der Waals surface area (Å²) in [6.45, 7) is 0. The maximum absolute atomic E-state index is 13.7. The average molecular weight is 495 g/mol. The van der Waals surface area contributed by atoms with E-state index < -0.39 is 0 Å². The average Bonchev–Trinajstić information content (AvgIpc) is 3.54. The Labute approximate surface area is 203 Å². The first-order valence-electron chi connectivity index (χ1n) is 11.1.